The molecule has 0 aliphatic heterocycles. The smallest absolute Gasteiger partial charge is 0.330 e. The lowest BCUT2D eigenvalue weighted by molar-refractivity contribution is -0.134. The van der Waals surface area contributed by atoms with Gasteiger partial charge in [-0.15, -0.1) is 0 Å². The summed E-state index contributed by atoms with van der Waals surface area (Å²) in [6, 6.07) is 5.29. The largest absolute Gasteiger partial charge is 0.493 e. The summed E-state index contributed by atoms with van der Waals surface area (Å²) in [5.41, 5.74) is 0.783. The van der Waals surface area contributed by atoms with Crippen molar-refractivity contribution in [2.75, 3.05) is 14.2 Å². The Bertz CT molecular complexity index is 694. The molecule has 0 aliphatic carbocycles. The maximum absolute atomic E-state index is 11.1. The number of aromatic nitrogens is 2. The molecule has 0 saturated carbocycles. The van der Waals surface area contributed by atoms with E-state index in [9.17, 15) is 4.79 Å². The number of ether oxygens (including phenoxy) is 3. The molecule has 0 spiro atoms. The number of rotatable bonds is 7. The highest BCUT2D eigenvalue weighted by Gasteiger charge is 2.09. The van der Waals surface area contributed by atoms with E-state index in [1.54, 1.807) is 24.3 Å². The predicted octanol–water partition coefficient (Wildman–Crippen LogP) is 2.41. The van der Waals surface area contributed by atoms with Crippen LogP contribution in [0.15, 0.2) is 28.8 Å². The maximum atomic E-state index is 11.1. The summed E-state index contributed by atoms with van der Waals surface area (Å²) >= 11 is 0. The molecule has 0 fully saturated rings. The molecule has 0 amide bonds. The van der Waals surface area contributed by atoms with Crippen LogP contribution in [-0.4, -0.2) is 30.3 Å². The van der Waals surface area contributed by atoms with E-state index in [4.69, 9.17) is 14.0 Å². The van der Waals surface area contributed by atoms with Crippen LogP contribution in [0.5, 0.6) is 11.5 Å². The van der Waals surface area contributed by atoms with E-state index in [0.29, 0.717) is 29.6 Å². The van der Waals surface area contributed by atoms with Crippen LogP contribution in [0.2, 0.25) is 0 Å². The molecule has 0 radical (unpaired) electrons. The summed E-state index contributed by atoms with van der Waals surface area (Å²) in [4.78, 5) is 15.3. The molecule has 7 heteroatoms. The van der Waals surface area contributed by atoms with Crippen LogP contribution in [0.1, 0.15) is 24.2 Å². The van der Waals surface area contributed by atoms with Crippen LogP contribution in [0.4, 0.5) is 0 Å². The van der Waals surface area contributed by atoms with Gasteiger partial charge in [0.2, 0.25) is 0 Å². The van der Waals surface area contributed by atoms with Crippen molar-refractivity contribution in [2.45, 2.75) is 20.0 Å². The predicted molar refractivity (Wildman–Crippen MR) is 82.1 cm³/mol. The zero-order valence-electron chi connectivity index (χ0n) is 13.2. The summed E-state index contributed by atoms with van der Waals surface area (Å²) in [5, 5.41) is 3.80. The van der Waals surface area contributed by atoms with E-state index < -0.39 is 5.97 Å². The van der Waals surface area contributed by atoms with Crippen molar-refractivity contribution in [3.8, 4) is 11.5 Å². The molecule has 0 bridgehead atoms. The first kappa shape index (κ1) is 16.5. The van der Waals surface area contributed by atoms with Crippen LogP contribution in [0.3, 0.4) is 0 Å². The minimum Gasteiger partial charge on any atom is -0.493 e. The number of hydrogen-bond acceptors (Lipinski definition) is 7. The van der Waals surface area contributed by atoms with Gasteiger partial charge in [0.15, 0.2) is 23.9 Å². The number of benzene rings is 1. The van der Waals surface area contributed by atoms with Crippen molar-refractivity contribution >= 4 is 12.0 Å². The standard InChI is InChI=1S/C16H18N2O5/c1-4-14-17-15(23-18-14)10-22-12-7-5-11(9-13(12)20-2)6-8-16(19)21-3/h5-9H,4,10H2,1-3H3/b8-6+. The lowest BCUT2D eigenvalue weighted by atomic mass is 10.2. The third kappa shape index (κ3) is 4.57. The second-order valence-electron chi connectivity index (χ2n) is 4.51. The van der Waals surface area contributed by atoms with Gasteiger partial charge in [0.25, 0.3) is 5.89 Å². The third-order valence-corrected chi connectivity index (χ3v) is 2.98. The van der Waals surface area contributed by atoms with Crippen molar-refractivity contribution in [1.82, 2.24) is 10.1 Å². The van der Waals surface area contributed by atoms with Gasteiger partial charge in [-0.25, -0.2) is 4.79 Å². The fraction of sp³-hybridized carbons (Fsp3) is 0.312. The summed E-state index contributed by atoms with van der Waals surface area (Å²) < 4.78 is 20.5. The maximum Gasteiger partial charge on any atom is 0.330 e. The number of aryl methyl sites for hydroxylation is 1. The van der Waals surface area contributed by atoms with E-state index in [1.807, 2.05) is 6.92 Å². The normalized spacial score (nSPS) is 10.7. The number of carbonyl (C=O) groups is 1. The van der Waals surface area contributed by atoms with Gasteiger partial charge in [-0.1, -0.05) is 18.1 Å². The highest BCUT2D eigenvalue weighted by atomic mass is 16.5. The Hall–Kier alpha value is -2.83. The van der Waals surface area contributed by atoms with Gasteiger partial charge < -0.3 is 18.7 Å². The summed E-state index contributed by atoms with van der Waals surface area (Å²) in [6.07, 6.45) is 3.66. The zero-order valence-corrected chi connectivity index (χ0v) is 13.2. The van der Waals surface area contributed by atoms with Crippen molar-refractivity contribution in [3.63, 3.8) is 0 Å². The van der Waals surface area contributed by atoms with Crippen LogP contribution in [0, 0.1) is 0 Å². The molecule has 1 aromatic carbocycles. The fourth-order valence-corrected chi connectivity index (χ4v) is 1.77. The molecular formula is C16H18N2O5. The average Bonchev–Trinajstić information content (AvgIpc) is 3.06. The number of methoxy groups -OCH3 is 2. The van der Waals surface area contributed by atoms with Crippen molar-refractivity contribution < 1.29 is 23.5 Å². The van der Waals surface area contributed by atoms with Crippen LogP contribution >= 0.6 is 0 Å². The Balaban J connectivity index is 2.06. The van der Waals surface area contributed by atoms with E-state index in [1.165, 1.54) is 20.3 Å². The van der Waals surface area contributed by atoms with Crippen molar-refractivity contribution in [2.24, 2.45) is 0 Å². The highest BCUT2D eigenvalue weighted by Crippen LogP contribution is 2.29. The second kappa shape index (κ2) is 7.98. The first-order chi connectivity index (χ1) is 11.2. The van der Waals surface area contributed by atoms with Crippen LogP contribution in [-0.2, 0) is 22.6 Å². The Morgan fingerprint density at radius 1 is 1.30 bits per heavy atom. The Labute approximate surface area is 133 Å². The minimum atomic E-state index is -0.424. The molecule has 0 unspecified atom stereocenters. The van der Waals surface area contributed by atoms with Gasteiger partial charge in [-0.2, -0.15) is 4.98 Å². The fourth-order valence-electron chi connectivity index (χ4n) is 1.77. The second-order valence-corrected chi connectivity index (χ2v) is 4.51. The molecule has 2 aromatic rings. The molecule has 2 rings (SSSR count). The summed E-state index contributed by atoms with van der Waals surface area (Å²) in [7, 11) is 2.86. The lowest BCUT2D eigenvalue weighted by Crippen LogP contribution is -1.98. The van der Waals surface area contributed by atoms with E-state index >= 15 is 0 Å². The zero-order chi connectivity index (χ0) is 16.7. The molecular weight excluding hydrogens is 300 g/mol. The number of hydrogen-bond donors (Lipinski definition) is 0. The van der Waals surface area contributed by atoms with Crippen LogP contribution in [0.25, 0.3) is 6.08 Å². The number of esters is 1. The number of carbonyl (C=O) groups excluding carboxylic acids is 1. The topological polar surface area (TPSA) is 83.7 Å². The highest BCUT2D eigenvalue weighted by molar-refractivity contribution is 5.87. The van der Waals surface area contributed by atoms with Crippen molar-refractivity contribution in [3.05, 3.63) is 41.6 Å². The molecule has 0 N–H and O–H groups in total. The van der Waals surface area contributed by atoms with Gasteiger partial charge in [0, 0.05) is 12.5 Å². The van der Waals surface area contributed by atoms with Gasteiger partial charge in [0.05, 0.1) is 14.2 Å². The molecule has 0 saturated heterocycles. The van der Waals surface area contributed by atoms with E-state index in [0.717, 1.165) is 5.56 Å². The monoisotopic (exact) mass is 318 g/mol. The molecule has 7 nitrogen and oxygen atoms in total. The van der Waals surface area contributed by atoms with Crippen LogP contribution < -0.4 is 9.47 Å². The van der Waals surface area contributed by atoms with Gasteiger partial charge in [0.1, 0.15) is 0 Å². The SMILES string of the molecule is CCc1noc(COc2ccc(/C=C/C(=O)OC)cc2OC)n1. The first-order valence-electron chi connectivity index (χ1n) is 7.04. The third-order valence-electron chi connectivity index (χ3n) is 2.98. The molecule has 0 atom stereocenters. The molecule has 1 aromatic heterocycles. The summed E-state index contributed by atoms with van der Waals surface area (Å²) in [6.45, 7) is 2.10. The Morgan fingerprint density at radius 2 is 2.13 bits per heavy atom. The Morgan fingerprint density at radius 3 is 2.78 bits per heavy atom. The average molecular weight is 318 g/mol. The molecule has 1 heterocycles. The van der Waals surface area contributed by atoms with Gasteiger partial charge in [-0.05, 0) is 23.8 Å². The van der Waals surface area contributed by atoms with Crippen molar-refractivity contribution in [1.29, 1.82) is 0 Å². The van der Waals surface area contributed by atoms with Gasteiger partial charge >= 0.3 is 5.97 Å². The Kier molecular flexibility index (Phi) is 5.74. The molecule has 122 valence electrons. The van der Waals surface area contributed by atoms with E-state index in [-0.39, 0.29) is 6.61 Å². The molecule has 23 heavy (non-hydrogen) atoms. The van der Waals surface area contributed by atoms with Gasteiger partial charge in [-0.3, -0.25) is 0 Å². The first-order valence-corrected chi connectivity index (χ1v) is 7.04. The summed E-state index contributed by atoms with van der Waals surface area (Å²) in [5.74, 6) is 1.69. The quantitative estimate of drug-likeness (QED) is 0.572. The molecule has 0 aliphatic rings. The van der Waals surface area contributed by atoms with E-state index in [2.05, 4.69) is 14.9 Å². The minimum absolute atomic E-state index is 0.153. The lowest BCUT2D eigenvalue weighted by Gasteiger charge is -2.09. The number of nitrogens with zero attached hydrogens (tertiary/aromatic N) is 2.